The molecular weight excluding hydrogens is 272 g/mol. The molecule has 0 atom stereocenters. The summed E-state index contributed by atoms with van der Waals surface area (Å²) in [5, 5.41) is 1.27. The van der Waals surface area contributed by atoms with Gasteiger partial charge >= 0.3 is 0 Å². The Morgan fingerprint density at radius 3 is 2.41 bits per heavy atom. The Labute approximate surface area is 130 Å². The quantitative estimate of drug-likeness (QED) is 0.725. The number of hydrogen-bond acceptors (Lipinski definition) is 2. The van der Waals surface area contributed by atoms with Crippen molar-refractivity contribution in [1.82, 2.24) is 0 Å². The van der Waals surface area contributed by atoms with Crippen LogP contribution >= 0.6 is 0 Å². The van der Waals surface area contributed by atoms with Crippen molar-refractivity contribution in [1.29, 1.82) is 0 Å². The van der Waals surface area contributed by atoms with E-state index in [9.17, 15) is 0 Å². The number of morpholine rings is 1. The first-order chi connectivity index (χ1) is 10.9. The van der Waals surface area contributed by atoms with Crippen LogP contribution in [0.2, 0.25) is 0 Å². The molecule has 1 aromatic heterocycles. The second-order valence-electron chi connectivity index (χ2n) is 5.58. The summed E-state index contributed by atoms with van der Waals surface area (Å²) in [4.78, 5) is 5.99. The van der Waals surface area contributed by atoms with Crippen molar-refractivity contribution in [2.45, 2.75) is 0 Å². The first kappa shape index (κ1) is 13.3. The third-order valence-corrected chi connectivity index (χ3v) is 4.19. The van der Waals surface area contributed by atoms with Gasteiger partial charge in [0.1, 0.15) is 0 Å². The average Bonchev–Trinajstić information content (AvgIpc) is 2.62. The number of aromatic nitrogens is 1. The number of nitrogens with one attached hydrogen (secondary N) is 1. The van der Waals surface area contributed by atoms with Crippen molar-refractivity contribution in [3.8, 4) is 11.3 Å². The van der Waals surface area contributed by atoms with E-state index in [1.54, 1.807) is 0 Å². The van der Waals surface area contributed by atoms with Crippen LogP contribution in [-0.2, 0) is 4.74 Å². The molecule has 22 heavy (non-hydrogen) atoms. The largest absolute Gasteiger partial charge is 0.378 e. The molecule has 3 nitrogen and oxygen atoms in total. The molecule has 110 valence electrons. The zero-order valence-electron chi connectivity index (χ0n) is 12.5. The summed E-state index contributed by atoms with van der Waals surface area (Å²) in [7, 11) is 0. The van der Waals surface area contributed by atoms with Crippen LogP contribution in [0.3, 0.4) is 0 Å². The normalized spacial score (nSPS) is 15.2. The summed E-state index contributed by atoms with van der Waals surface area (Å²) in [6, 6.07) is 21.3. The van der Waals surface area contributed by atoms with Gasteiger partial charge in [-0.25, -0.2) is 4.98 Å². The van der Waals surface area contributed by atoms with Crippen LogP contribution < -0.4 is 9.88 Å². The highest BCUT2D eigenvalue weighted by Crippen LogP contribution is 2.29. The Morgan fingerprint density at radius 2 is 1.59 bits per heavy atom. The molecule has 1 aliphatic rings. The van der Waals surface area contributed by atoms with E-state index >= 15 is 0 Å². The lowest BCUT2D eigenvalue weighted by Gasteiger charge is -2.29. The standard InChI is InChI=1S/C19H18N2O/c1-2-6-15(7-3-1)18-14-19(21-10-12-22-13-11-21)16-8-4-5-9-17(16)20-18/h1-9,14H,10-13H2/p+1. The average molecular weight is 291 g/mol. The lowest BCUT2D eigenvalue weighted by Crippen LogP contribution is -2.36. The van der Waals surface area contributed by atoms with Crippen LogP contribution in [0.5, 0.6) is 0 Å². The molecule has 1 N–H and O–H groups in total. The van der Waals surface area contributed by atoms with E-state index in [1.165, 1.54) is 22.2 Å². The fraction of sp³-hybridized carbons (Fsp3) is 0.211. The second-order valence-corrected chi connectivity index (χ2v) is 5.58. The molecule has 0 aliphatic carbocycles. The molecule has 1 fully saturated rings. The fourth-order valence-electron chi connectivity index (χ4n) is 3.05. The van der Waals surface area contributed by atoms with E-state index in [0.29, 0.717) is 0 Å². The molecule has 3 heteroatoms. The number of benzene rings is 2. The van der Waals surface area contributed by atoms with Crippen molar-refractivity contribution < 1.29 is 9.72 Å². The summed E-state index contributed by atoms with van der Waals surface area (Å²) in [5.74, 6) is 0. The molecule has 1 saturated heterocycles. The van der Waals surface area contributed by atoms with Gasteiger partial charge in [0.25, 0.3) is 0 Å². The predicted molar refractivity (Wildman–Crippen MR) is 89.0 cm³/mol. The maximum atomic E-state index is 5.50. The molecule has 3 aromatic rings. The highest BCUT2D eigenvalue weighted by atomic mass is 16.5. The van der Waals surface area contributed by atoms with Crippen molar-refractivity contribution in [2.24, 2.45) is 0 Å². The summed E-state index contributed by atoms with van der Waals surface area (Å²) in [5.41, 5.74) is 4.82. The predicted octanol–water partition coefficient (Wildman–Crippen LogP) is 3.16. The number of rotatable bonds is 2. The molecule has 1 aliphatic heterocycles. The van der Waals surface area contributed by atoms with Crippen LogP contribution in [0.15, 0.2) is 60.7 Å². The molecule has 0 unspecified atom stereocenters. The SMILES string of the molecule is c1ccc(-c2cc(N3CCOCC3)c3ccccc3[nH+]2)cc1. The number of aromatic amines is 1. The van der Waals surface area contributed by atoms with Crippen LogP contribution in [0.4, 0.5) is 5.69 Å². The van der Waals surface area contributed by atoms with Crippen molar-refractivity contribution in [3.05, 3.63) is 60.7 Å². The third-order valence-electron chi connectivity index (χ3n) is 4.19. The Balaban J connectivity index is 1.89. The van der Waals surface area contributed by atoms with Gasteiger partial charge in [0.2, 0.25) is 11.2 Å². The van der Waals surface area contributed by atoms with E-state index in [4.69, 9.17) is 4.74 Å². The Hall–Kier alpha value is -2.39. The monoisotopic (exact) mass is 291 g/mol. The molecule has 4 rings (SSSR count). The lowest BCUT2D eigenvalue weighted by atomic mass is 10.1. The molecule has 0 spiro atoms. The lowest BCUT2D eigenvalue weighted by molar-refractivity contribution is -0.330. The smallest absolute Gasteiger partial charge is 0.213 e. The van der Waals surface area contributed by atoms with E-state index < -0.39 is 0 Å². The zero-order chi connectivity index (χ0) is 14.8. The van der Waals surface area contributed by atoms with E-state index in [-0.39, 0.29) is 0 Å². The molecule has 2 heterocycles. The first-order valence-electron chi connectivity index (χ1n) is 7.75. The topological polar surface area (TPSA) is 26.6 Å². The minimum Gasteiger partial charge on any atom is -0.378 e. The van der Waals surface area contributed by atoms with Gasteiger partial charge in [-0.3, -0.25) is 0 Å². The van der Waals surface area contributed by atoms with Gasteiger partial charge in [0.05, 0.1) is 24.3 Å². The highest BCUT2D eigenvalue weighted by Gasteiger charge is 2.19. The number of H-pyrrole nitrogens is 1. The van der Waals surface area contributed by atoms with Gasteiger partial charge < -0.3 is 9.64 Å². The number of pyridine rings is 1. The molecule has 0 radical (unpaired) electrons. The van der Waals surface area contributed by atoms with Crippen molar-refractivity contribution in [3.63, 3.8) is 0 Å². The zero-order valence-corrected chi connectivity index (χ0v) is 12.5. The van der Waals surface area contributed by atoms with Crippen LogP contribution in [0, 0.1) is 0 Å². The second kappa shape index (κ2) is 5.78. The van der Waals surface area contributed by atoms with Gasteiger partial charge in [-0.15, -0.1) is 0 Å². The maximum Gasteiger partial charge on any atom is 0.213 e. The molecule has 2 aromatic carbocycles. The van der Waals surface area contributed by atoms with E-state index in [2.05, 4.69) is 64.5 Å². The minimum absolute atomic E-state index is 0.799. The van der Waals surface area contributed by atoms with Gasteiger partial charge in [0.15, 0.2) is 0 Å². The van der Waals surface area contributed by atoms with Gasteiger partial charge in [0, 0.05) is 30.8 Å². The Morgan fingerprint density at radius 1 is 0.864 bits per heavy atom. The van der Waals surface area contributed by atoms with Crippen LogP contribution in [-0.4, -0.2) is 26.3 Å². The third kappa shape index (κ3) is 2.44. The molecule has 0 bridgehead atoms. The Bertz CT molecular complexity index is 780. The molecular formula is C19H19N2O+. The van der Waals surface area contributed by atoms with E-state index in [0.717, 1.165) is 32.0 Å². The Kier molecular flexibility index (Phi) is 3.49. The maximum absolute atomic E-state index is 5.50. The summed E-state index contributed by atoms with van der Waals surface area (Å²) in [6.07, 6.45) is 0. The van der Waals surface area contributed by atoms with Gasteiger partial charge in [-0.2, -0.15) is 0 Å². The van der Waals surface area contributed by atoms with Crippen LogP contribution in [0.1, 0.15) is 0 Å². The summed E-state index contributed by atoms with van der Waals surface area (Å²) in [6.45, 7) is 3.49. The van der Waals surface area contributed by atoms with Crippen molar-refractivity contribution >= 4 is 16.6 Å². The van der Waals surface area contributed by atoms with Gasteiger partial charge in [-0.1, -0.05) is 30.3 Å². The highest BCUT2D eigenvalue weighted by molar-refractivity contribution is 5.91. The summed E-state index contributed by atoms with van der Waals surface area (Å²) >= 11 is 0. The summed E-state index contributed by atoms with van der Waals surface area (Å²) < 4.78 is 5.50. The van der Waals surface area contributed by atoms with Gasteiger partial charge in [-0.05, 0) is 18.2 Å². The number of ether oxygens (including phenoxy) is 1. The fourth-order valence-corrected chi connectivity index (χ4v) is 3.05. The van der Waals surface area contributed by atoms with Crippen LogP contribution in [0.25, 0.3) is 22.2 Å². The first-order valence-corrected chi connectivity index (χ1v) is 7.75. The number of anilines is 1. The number of hydrogen-bond donors (Lipinski definition) is 0. The number of para-hydroxylation sites is 1. The number of fused-ring (bicyclic) bond motifs is 1. The minimum atomic E-state index is 0.799. The van der Waals surface area contributed by atoms with Crippen molar-refractivity contribution in [2.75, 3.05) is 31.2 Å². The number of nitrogens with zero attached hydrogens (tertiary/aromatic N) is 1. The molecule has 0 amide bonds. The van der Waals surface area contributed by atoms with E-state index in [1.807, 2.05) is 6.07 Å². The molecule has 0 saturated carbocycles.